The van der Waals surface area contributed by atoms with Gasteiger partial charge in [-0.1, -0.05) is 24.3 Å². The molecule has 0 aliphatic carbocycles. The zero-order chi connectivity index (χ0) is 37.0. The number of methoxy groups -OCH3 is 1. The first-order chi connectivity index (χ1) is 24.9. The van der Waals surface area contributed by atoms with Crippen LogP contribution in [-0.4, -0.2) is 101 Å². The van der Waals surface area contributed by atoms with Gasteiger partial charge in [0.25, 0.3) is 5.91 Å². The molecule has 3 fully saturated rings. The van der Waals surface area contributed by atoms with Gasteiger partial charge in [0.05, 0.1) is 18.7 Å². The Hall–Kier alpha value is -4.67. The molecule has 3 saturated heterocycles. The molecule has 2 aromatic carbocycles. The molecule has 6 rings (SSSR count). The number of carbonyl (C=O) groups excluding carboxylic acids is 2. The fraction of sp³-hybridized carbons (Fsp3) is 0.538. The van der Waals surface area contributed by atoms with Gasteiger partial charge in [0.2, 0.25) is 0 Å². The van der Waals surface area contributed by atoms with E-state index >= 15 is 0 Å². The molecule has 1 unspecified atom stereocenters. The molecular weight excluding hydrogens is 663 g/mol. The van der Waals surface area contributed by atoms with Gasteiger partial charge in [-0.2, -0.15) is 10.4 Å². The van der Waals surface area contributed by atoms with Gasteiger partial charge in [-0.15, -0.1) is 0 Å². The quantitative estimate of drug-likeness (QED) is 0.296. The highest BCUT2D eigenvalue weighted by Crippen LogP contribution is 2.34. The van der Waals surface area contributed by atoms with Gasteiger partial charge in [-0.25, -0.2) is 13.9 Å². The molecule has 2 amide bonds. The van der Waals surface area contributed by atoms with Crippen molar-refractivity contribution in [3.05, 3.63) is 65.0 Å². The van der Waals surface area contributed by atoms with Crippen LogP contribution in [0.5, 0.6) is 5.75 Å². The Morgan fingerprint density at radius 3 is 2.35 bits per heavy atom. The molecule has 3 aliphatic heterocycles. The lowest BCUT2D eigenvalue weighted by atomic mass is 9.97. The zero-order valence-corrected chi connectivity index (χ0v) is 30.7. The number of rotatable bonds is 9. The molecule has 1 atom stereocenters. The Morgan fingerprint density at radius 2 is 1.69 bits per heavy atom. The number of nitriles is 1. The Labute approximate surface area is 305 Å². The SMILES string of the molecule is COc1ccc(F)cc1C(=O)NCc1ccc(-c2nn(C3CCN(C4CCN(CC5CCN(C(=O)OC(C)(C)C)C5)CC4)CC3)c(N)c2C#N)cc1. The Balaban J connectivity index is 0.984. The Kier molecular flexibility index (Phi) is 11.4. The standard InChI is InChI=1S/C39H51FN8O4/c1-39(2,3)52-38(50)47-18-11-27(25-47)24-45-16-12-30(13-17-45)46-19-14-31(15-20-46)48-36(42)33(22-41)35(44-48)28-7-5-26(6-8-28)23-43-37(49)32-21-29(40)9-10-34(32)51-4/h5-10,21,27,30-31H,11-20,23-25,42H2,1-4H3,(H,43,49). The second kappa shape index (κ2) is 15.9. The molecule has 12 nitrogen and oxygen atoms in total. The summed E-state index contributed by atoms with van der Waals surface area (Å²) >= 11 is 0. The van der Waals surface area contributed by atoms with Crippen LogP contribution in [0, 0.1) is 23.1 Å². The van der Waals surface area contributed by atoms with Crippen molar-refractivity contribution in [2.24, 2.45) is 5.92 Å². The minimum atomic E-state index is -0.518. The van der Waals surface area contributed by atoms with Crippen molar-refractivity contribution in [2.75, 3.05) is 58.7 Å². The molecule has 4 heterocycles. The third-order valence-corrected chi connectivity index (χ3v) is 10.5. The van der Waals surface area contributed by atoms with Crippen LogP contribution in [0.25, 0.3) is 11.3 Å². The highest BCUT2D eigenvalue weighted by molar-refractivity contribution is 5.96. The monoisotopic (exact) mass is 714 g/mol. The lowest BCUT2D eigenvalue weighted by molar-refractivity contribution is 0.0281. The highest BCUT2D eigenvalue weighted by atomic mass is 19.1. The topological polar surface area (TPSA) is 142 Å². The van der Waals surface area contributed by atoms with Crippen molar-refractivity contribution >= 4 is 17.8 Å². The average Bonchev–Trinajstić information content (AvgIpc) is 3.74. The number of piperidine rings is 2. The number of hydrogen-bond acceptors (Lipinski definition) is 9. The van der Waals surface area contributed by atoms with E-state index in [1.54, 1.807) is 0 Å². The number of hydrogen-bond donors (Lipinski definition) is 2. The maximum absolute atomic E-state index is 13.7. The van der Waals surface area contributed by atoms with Gasteiger partial charge in [-0.05, 0) is 95.6 Å². The third-order valence-electron chi connectivity index (χ3n) is 10.5. The molecule has 0 bridgehead atoms. The summed E-state index contributed by atoms with van der Waals surface area (Å²) in [7, 11) is 1.43. The molecule has 52 heavy (non-hydrogen) atoms. The fourth-order valence-corrected chi connectivity index (χ4v) is 7.76. The van der Waals surface area contributed by atoms with Crippen molar-refractivity contribution in [3.8, 4) is 23.1 Å². The molecule has 0 spiro atoms. The van der Waals surface area contributed by atoms with Crippen LogP contribution in [0.1, 0.15) is 80.4 Å². The summed E-state index contributed by atoms with van der Waals surface area (Å²) in [6.07, 6.45) is 4.92. The number of nitrogen functional groups attached to an aromatic ring is 1. The van der Waals surface area contributed by atoms with E-state index in [1.807, 2.05) is 54.6 Å². The normalized spacial score (nSPS) is 19.4. The van der Waals surface area contributed by atoms with Gasteiger partial charge in [0, 0.05) is 50.9 Å². The molecular formula is C39H51FN8O4. The Bertz CT molecular complexity index is 1770. The largest absolute Gasteiger partial charge is 0.496 e. The van der Waals surface area contributed by atoms with E-state index in [1.165, 1.54) is 19.2 Å². The van der Waals surface area contributed by atoms with Gasteiger partial charge >= 0.3 is 6.09 Å². The van der Waals surface area contributed by atoms with Gasteiger partial charge < -0.3 is 35.2 Å². The first kappa shape index (κ1) is 37.1. The molecule has 0 saturated carbocycles. The van der Waals surface area contributed by atoms with Crippen LogP contribution < -0.4 is 15.8 Å². The highest BCUT2D eigenvalue weighted by Gasteiger charge is 2.34. The first-order valence-electron chi connectivity index (χ1n) is 18.4. The maximum atomic E-state index is 13.7. The molecule has 3 aliphatic rings. The van der Waals surface area contributed by atoms with Crippen LogP contribution in [0.2, 0.25) is 0 Å². The van der Waals surface area contributed by atoms with E-state index in [-0.39, 0.29) is 24.2 Å². The van der Waals surface area contributed by atoms with E-state index in [9.17, 15) is 19.2 Å². The number of aromatic nitrogens is 2. The van der Waals surface area contributed by atoms with Crippen LogP contribution >= 0.6 is 0 Å². The number of benzene rings is 2. The van der Waals surface area contributed by atoms with E-state index in [0.29, 0.717) is 34.8 Å². The molecule has 0 radical (unpaired) electrons. The lowest BCUT2D eigenvalue weighted by Crippen LogP contribution is -2.48. The number of nitrogens with zero attached hydrogens (tertiary/aromatic N) is 6. The van der Waals surface area contributed by atoms with Gasteiger partial charge in [-0.3, -0.25) is 4.79 Å². The second-order valence-corrected chi connectivity index (χ2v) is 15.3. The molecule has 13 heteroatoms. The van der Waals surface area contributed by atoms with Gasteiger partial charge in [0.1, 0.15) is 40.3 Å². The Morgan fingerprint density at radius 1 is 1.00 bits per heavy atom. The molecule has 1 aromatic heterocycles. The van der Waals surface area contributed by atoms with E-state index < -0.39 is 17.3 Å². The number of halogens is 1. The number of likely N-dealkylation sites (tertiary alicyclic amines) is 3. The minimum absolute atomic E-state index is 0.113. The van der Waals surface area contributed by atoms with Crippen molar-refractivity contribution < 1.29 is 23.5 Å². The lowest BCUT2D eigenvalue weighted by Gasteiger charge is -2.42. The molecule has 3 N–H and O–H groups in total. The summed E-state index contributed by atoms with van der Waals surface area (Å²) in [6.45, 7) is 12.6. The maximum Gasteiger partial charge on any atom is 0.410 e. The van der Waals surface area contributed by atoms with Gasteiger partial charge in [0.15, 0.2) is 0 Å². The summed E-state index contributed by atoms with van der Waals surface area (Å²) in [6, 6.07) is 14.2. The van der Waals surface area contributed by atoms with E-state index in [0.717, 1.165) is 95.1 Å². The number of anilines is 1. The predicted octanol–water partition coefficient (Wildman–Crippen LogP) is 5.44. The van der Waals surface area contributed by atoms with Crippen LogP contribution in [-0.2, 0) is 11.3 Å². The fourth-order valence-electron chi connectivity index (χ4n) is 7.76. The predicted molar refractivity (Wildman–Crippen MR) is 196 cm³/mol. The van der Waals surface area contributed by atoms with Crippen LogP contribution in [0.4, 0.5) is 15.0 Å². The average molecular weight is 715 g/mol. The minimum Gasteiger partial charge on any atom is -0.496 e. The van der Waals surface area contributed by atoms with Crippen molar-refractivity contribution in [3.63, 3.8) is 0 Å². The number of nitrogens with one attached hydrogen (secondary N) is 1. The number of amides is 2. The van der Waals surface area contributed by atoms with Crippen LogP contribution in [0.15, 0.2) is 42.5 Å². The number of carbonyl (C=O) groups is 2. The van der Waals surface area contributed by atoms with Crippen molar-refractivity contribution in [1.29, 1.82) is 5.26 Å². The smallest absolute Gasteiger partial charge is 0.410 e. The second-order valence-electron chi connectivity index (χ2n) is 15.3. The summed E-state index contributed by atoms with van der Waals surface area (Å²) in [5.41, 5.74) is 8.71. The van der Waals surface area contributed by atoms with Crippen molar-refractivity contribution in [1.82, 2.24) is 29.8 Å². The summed E-state index contributed by atoms with van der Waals surface area (Å²) in [4.78, 5) is 32.2. The zero-order valence-electron chi connectivity index (χ0n) is 30.7. The number of nitrogens with two attached hydrogens (primary N) is 1. The molecule has 278 valence electrons. The summed E-state index contributed by atoms with van der Waals surface area (Å²) < 4.78 is 26.4. The van der Waals surface area contributed by atoms with Crippen molar-refractivity contribution in [2.45, 2.75) is 77.1 Å². The van der Waals surface area contributed by atoms with Crippen LogP contribution in [0.3, 0.4) is 0 Å². The summed E-state index contributed by atoms with van der Waals surface area (Å²) in [5, 5.41) is 17.7. The first-order valence-corrected chi connectivity index (χ1v) is 18.4. The van der Waals surface area contributed by atoms with E-state index in [2.05, 4.69) is 21.2 Å². The number of ether oxygens (including phenoxy) is 2. The van der Waals surface area contributed by atoms with E-state index in [4.69, 9.17) is 20.3 Å². The summed E-state index contributed by atoms with van der Waals surface area (Å²) in [5.74, 6) is 0.220. The third kappa shape index (κ3) is 8.68. The molecule has 3 aromatic rings.